The van der Waals surface area contributed by atoms with E-state index < -0.39 is 5.97 Å². The largest absolute Gasteiger partial charge is 0.482 e. The molecule has 126 valence electrons. The van der Waals surface area contributed by atoms with Crippen molar-refractivity contribution in [1.29, 1.82) is 0 Å². The van der Waals surface area contributed by atoms with Crippen LogP contribution in [-0.4, -0.2) is 84.7 Å². The van der Waals surface area contributed by atoms with Gasteiger partial charge in [-0.3, -0.25) is 9.80 Å². The Morgan fingerprint density at radius 2 is 1.91 bits per heavy atom. The van der Waals surface area contributed by atoms with E-state index in [1.165, 1.54) is 18.7 Å². The van der Waals surface area contributed by atoms with E-state index in [1.807, 2.05) is 24.3 Å². The molecule has 0 radical (unpaired) electrons. The van der Waals surface area contributed by atoms with Crippen molar-refractivity contribution in [3.8, 4) is 5.75 Å². The fraction of sp³-hybridized carbons (Fsp3) is 0.588. The van der Waals surface area contributed by atoms with Gasteiger partial charge in [0.15, 0.2) is 6.61 Å². The molecular formula is C17H25N3O3. The topological polar surface area (TPSA) is 56.2 Å². The lowest BCUT2D eigenvalue weighted by Gasteiger charge is -2.46. The number of rotatable bonds is 5. The zero-order valence-corrected chi connectivity index (χ0v) is 13.6. The molecule has 23 heavy (non-hydrogen) atoms. The molecule has 2 saturated heterocycles. The van der Waals surface area contributed by atoms with E-state index in [0.717, 1.165) is 32.7 Å². The number of hydrogen-bond acceptors (Lipinski definition) is 5. The minimum absolute atomic E-state index is 0.295. The molecule has 0 spiro atoms. The first kappa shape index (κ1) is 16.2. The molecule has 0 amide bonds. The Kier molecular flexibility index (Phi) is 5.15. The Hall–Kier alpha value is -1.63. The second-order valence-electron chi connectivity index (χ2n) is 6.51. The molecular weight excluding hydrogens is 294 g/mol. The fourth-order valence-electron chi connectivity index (χ4n) is 3.41. The molecule has 0 aromatic heterocycles. The van der Waals surface area contributed by atoms with E-state index in [1.54, 1.807) is 0 Å². The Bertz CT molecular complexity index is 534. The summed E-state index contributed by atoms with van der Waals surface area (Å²) in [4.78, 5) is 18.0. The second-order valence-corrected chi connectivity index (χ2v) is 6.51. The third-order valence-corrected chi connectivity index (χ3v) is 4.67. The zero-order chi connectivity index (χ0) is 16.2. The van der Waals surface area contributed by atoms with E-state index >= 15 is 0 Å². The maximum atomic E-state index is 10.5. The highest BCUT2D eigenvalue weighted by Crippen LogP contribution is 2.18. The summed E-state index contributed by atoms with van der Waals surface area (Å²) in [7, 11) is 2.20. The van der Waals surface area contributed by atoms with Crippen LogP contribution in [0.4, 0.5) is 0 Å². The first-order valence-corrected chi connectivity index (χ1v) is 8.18. The van der Waals surface area contributed by atoms with Gasteiger partial charge in [-0.15, -0.1) is 0 Å². The first-order chi connectivity index (χ1) is 11.1. The van der Waals surface area contributed by atoms with E-state index in [0.29, 0.717) is 11.8 Å². The van der Waals surface area contributed by atoms with Crippen molar-refractivity contribution in [1.82, 2.24) is 14.7 Å². The van der Waals surface area contributed by atoms with Crippen LogP contribution in [0.1, 0.15) is 5.56 Å². The predicted molar refractivity (Wildman–Crippen MR) is 87.7 cm³/mol. The van der Waals surface area contributed by atoms with Gasteiger partial charge in [-0.1, -0.05) is 12.1 Å². The molecule has 0 unspecified atom stereocenters. The zero-order valence-electron chi connectivity index (χ0n) is 13.6. The molecule has 1 N–H and O–H groups in total. The van der Waals surface area contributed by atoms with Crippen LogP contribution in [0.5, 0.6) is 5.75 Å². The predicted octanol–water partition coefficient (Wildman–Crippen LogP) is 0.582. The number of nitrogens with zero attached hydrogens (tertiary/aromatic N) is 3. The van der Waals surface area contributed by atoms with Crippen molar-refractivity contribution in [2.75, 3.05) is 52.9 Å². The number of piperazine rings is 2. The molecule has 2 heterocycles. The van der Waals surface area contributed by atoms with Gasteiger partial charge in [0.1, 0.15) is 5.75 Å². The third-order valence-electron chi connectivity index (χ3n) is 4.67. The Morgan fingerprint density at radius 1 is 1.17 bits per heavy atom. The average Bonchev–Trinajstić information content (AvgIpc) is 2.54. The minimum Gasteiger partial charge on any atom is -0.482 e. The van der Waals surface area contributed by atoms with Gasteiger partial charge in [-0.05, 0) is 24.7 Å². The molecule has 3 rings (SSSR count). The standard InChI is InChI=1S/C17H25N3O3/c1-18-6-8-20-9-7-19(12-15(20)11-18)10-14-2-4-16(5-3-14)23-13-17(21)22/h2-5,15H,6-13H2,1H3,(H,21,22)/t15-/m1/s1. The van der Waals surface area contributed by atoms with Gasteiger partial charge in [0.05, 0.1) is 0 Å². The Labute approximate surface area is 137 Å². The van der Waals surface area contributed by atoms with Crippen LogP contribution < -0.4 is 4.74 Å². The van der Waals surface area contributed by atoms with Crippen molar-refractivity contribution < 1.29 is 14.6 Å². The van der Waals surface area contributed by atoms with Crippen LogP contribution in [0.15, 0.2) is 24.3 Å². The maximum Gasteiger partial charge on any atom is 0.341 e. The smallest absolute Gasteiger partial charge is 0.341 e. The normalized spacial score (nSPS) is 23.4. The van der Waals surface area contributed by atoms with Gasteiger partial charge in [0.2, 0.25) is 0 Å². The summed E-state index contributed by atoms with van der Waals surface area (Å²) in [6.07, 6.45) is 0. The highest BCUT2D eigenvalue weighted by Gasteiger charge is 2.30. The summed E-state index contributed by atoms with van der Waals surface area (Å²) in [5.41, 5.74) is 1.24. The monoisotopic (exact) mass is 319 g/mol. The summed E-state index contributed by atoms with van der Waals surface area (Å²) in [6, 6.07) is 8.39. The lowest BCUT2D eigenvalue weighted by molar-refractivity contribution is -0.139. The number of ether oxygens (including phenoxy) is 1. The summed E-state index contributed by atoms with van der Waals surface area (Å²) in [5.74, 6) is -0.348. The van der Waals surface area contributed by atoms with Gasteiger partial charge in [0.25, 0.3) is 0 Å². The molecule has 0 aliphatic carbocycles. The minimum atomic E-state index is -0.954. The molecule has 2 aliphatic heterocycles. The molecule has 2 aliphatic rings. The summed E-state index contributed by atoms with van der Waals surface area (Å²) in [6.45, 7) is 7.53. The quantitative estimate of drug-likeness (QED) is 0.857. The maximum absolute atomic E-state index is 10.5. The number of carboxylic acids is 1. The van der Waals surface area contributed by atoms with E-state index in [2.05, 4.69) is 21.7 Å². The Morgan fingerprint density at radius 3 is 2.65 bits per heavy atom. The number of carboxylic acid groups (broad SMARTS) is 1. The summed E-state index contributed by atoms with van der Waals surface area (Å²) in [5, 5.41) is 8.62. The van der Waals surface area contributed by atoms with Crippen molar-refractivity contribution in [2.45, 2.75) is 12.6 Å². The number of benzene rings is 1. The number of carbonyl (C=O) groups is 1. The lowest BCUT2D eigenvalue weighted by atomic mass is 10.1. The van der Waals surface area contributed by atoms with E-state index in [-0.39, 0.29) is 6.61 Å². The van der Waals surface area contributed by atoms with Crippen LogP contribution in [0.3, 0.4) is 0 Å². The molecule has 0 bridgehead atoms. The Balaban J connectivity index is 1.52. The van der Waals surface area contributed by atoms with Gasteiger partial charge < -0.3 is 14.7 Å². The van der Waals surface area contributed by atoms with Gasteiger partial charge in [-0.25, -0.2) is 4.79 Å². The van der Waals surface area contributed by atoms with Crippen molar-refractivity contribution in [2.24, 2.45) is 0 Å². The van der Waals surface area contributed by atoms with E-state index in [9.17, 15) is 4.79 Å². The highest BCUT2D eigenvalue weighted by molar-refractivity contribution is 5.68. The molecule has 1 aromatic rings. The van der Waals surface area contributed by atoms with Crippen LogP contribution in [0.25, 0.3) is 0 Å². The average molecular weight is 319 g/mol. The number of fused-ring (bicyclic) bond motifs is 1. The highest BCUT2D eigenvalue weighted by atomic mass is 16.5. The van der Waals surface area contributed by atoms with Gasteiger partial charge in [0, 0.05) is 51.9 Å². The second kappa shape index (κ2) is 7.29. The number of aliphatic carboxylic acids is 1. The van der Waals surface area contributed by atoms with Crippen LogP contribution >= 0.6 is 0 Å². The summed E-state index contributed by atoms with van der Waals surface area (Å²) >= 11 is 0. The van der Waals surface area contributed by atoms with Crippen LogP contribution in [-0.2, 0) is 11.3 Å². The molecule has 6 heteroatoms. The summed E-state index contributed by atoms with van der Waals surface area (Å²) < 4.78 is 5.17. The number of hydrogen-bond donors (Lipinski definition) is 1. The third kappa shape index (κ3) is 4.43. The lowest BCUT2D eigenvalue weighted by Crippen LogP contribution is -2.60. The SMILES string of the molecule is CN1CCN2CCN(Cc3ccc(OCC(=O)O)cc3)C[C@H]2C1. The van der Waals surface area contributed by atoms with Crippen molar-refractivity contribution in [3.05, 3.63) is 29.8 Å². The number of likely N-dealkylation sites (N-methyl/N-ethyl adjacent to an activating group) is 1. The molecule has 6 nitrogen and oxygen atoms in total. The van der Waals surface area contributed by atoms with E-state index in [4.69, 9.17) is 9.84 Å². The molecule has 0 saturated carbocycles. The van der Waals surface area contributed by atoms with Gasteiger partial charge >= 0.3 is 5.97 Å². The molecule has 2 fully saturated rings. The molecule has 1 atom stereocenters. The van der Waals surface area contributed by atoms with Crippen LogP contribution in [0, 0.1) is 0 Å². The first-order valence-electron chi connectivity index (χ1n) is 8.18. The fourth-order valence-corrected chi connectivity index (χ4v) is 3.41. The van der Waals surface area contributed by atoms with Gasteiger partial charge in [-0.2, -0.15) is 0 Å². The molecule has 1 aromatic carbocycles. The van der Waals surface area contributed by atoms with Crippen molar-refractivity contribution in [3.63, 3.8) is 0 Å². The van der Waals surface area contributed by atoms with Crippen LogP contribution in [0.2, 0.25) is 0 Å². The van der Waals surface area contributed by atoms with Crippen molar-refractivity contribution >= 4 is 5.97 Å².